The second kappa shape index (κ2) is 5.17. The largest absolute Gasteiger partial charge is 0.432 e. The summed E-state index contributed by atoms with van der Waals surface area (Å²) in [6.45, 7) is 2.94. The molecule has 0 unspecified atom stereocenters. The number of hydrogen-bond acceptors (Lipinski definition) is 6. The van der Waals surface area contributed by atoms with Crippen molar-refractivity contribution in [3.63, 3.8) is 0 Å². The highest BCUT2D eigenvalue weighted by atomic mass is 16.5. The Morgan fingerprint density at radius 1 is 1.40 bits per heavy atom. The number of nitrogens with zero attached hydrogens (tertiary/aromatic N) is 5. The van der Waals surface area contributed by atoms with Crippen molar-refractivity contribution in [3.8, 4) is 11.6 Å². The minimum atomic E-state index is 0.376. The third kappa shape index (κ3) is 2.28. The molecule has 0 aromatic carbocycles. The molecule has 20 heavy (non-hydrogen) atoms. The van der Waals surface area contributed by atoms with Gasteiger partial charge in [-0.1, -0.05) is 6.92 Å². The van der Waals surface area contributed by atoms with Crippen molar-refractivity contribution in [1.29, 1.82) is 0 Å². The second-order valence-corrected chi connectivity index (χ2v) is 4.27. The number of anilines is 1. The number of nitrogen functional groups attached to an aromatic ring is 1. The van der Waals surface area contributed by atoms with Crippen molar-refractivity contribution in [1.82, 2.24) is 24.1 Å². The molecule has 0 atom stereocenters. The van der Waals surface area contributed by atoms with Crippen LogP contribution in [-0.2, 0) is 6.54 Å². The van der Waals surface area contributed by atoms with Gasteiger partial charge in [-0.25, -0.2) is 10.8 Å². The summed E-state index contributed by atoms with van der Waals surface area (Å²) in [6, 6.07) is 0. The van der Waals surface area contributed by atoms with Gasteiger partial charge >= 0.3 is 0 Å². The van der Waals surface area contributed by atoms with E-state index in [-0.39, 0.29) is 0 Å². The summed E-state index contributed by atoms with van der Waals surface area (Å²) in [7, 11) is 0. The number of aryl methyl sites for hydroxylation is 1. The maximum absolute atomic E-state index is 5.75. The molecule has 0 aliphatic heterocycles. The van der Waals surface area contributed by atoms with Crippen molar-refractivity contribution in [2.24, 2.45) is 5.84 Å². The molecular weight excluding hydrogens is 258 g/mol. The molecule has 0 spiro atoms. The molecule has 3 rings (SSSR count). The standard InChI is InChI=1S/C12H15N7O/c1-2-4-19-7-9(6-15-19)20-12-11-14-3-5-18(11)8-10(16-12)17-13/h3,5-8,17H,2,4,13H2,1H3. The van der Waals surface area contributed by atoms with Crippen LogP contribution in [0, 0.1) is 0 Å². The Kier molecular flexibility index (Phi) is 3.21. The Morgan fingerprint density at radius 3 is 3.10 bits per heavy atom. The summed E-state index contributed by atoms with van der Waals surface area (Å²) in [4.78, 5) is 8.48. The maximum Gasteiger partial charge on any atom is 0.266 e. The molecule has 0 saturated carbocycles. The Hall–Kier alpha value is -2.61. The predicted octanol–water partition coefficient (Wildman–Crippen LogP) is 1.41. The van der Waals surface area contributed by atoms with E-state index in [1.165, 1.54) is 0 Å². The van der Waals surface area contributed by atoms with E-state index in [0.717, 1.165) is 13.0 Å². The van der Waals surface area contributed by atoms with Crippen LogP contribution in [0.25, 0.3) is 5.65 Å². The van der Waals surface area contributed by atoms with Crippen LogP contribution >= 0.6 is 0 Å². The van der Waals surface area contributed by atoms with E-state index < -0.39 is 0 Å². The van der Waals surface area contributed by atoms with Gasteiger partial charge < -0.3 is 10.2 Å². The molecule has 0 aliphatic rings. The van der Waals surface area contributed by atoms with Gasteiger partial charge in [0.15, 0.2) is 11.6 Å². The number of hydrogen-bond donors (Lipinski definition) is 2. The maximum atomic E-state index is 5.75. The zero-order valence-corrected chi connectivity index (χ0v) is 11.0. The minimum Gasteiger partial charge on any atom is -0.432 e. The average Bonchev–Trinajstić information content (AvgIpc) is 3.08. The number of rotatable bonds is 5. The van der Waals surface area contributed by atoms with Crippen molar-refractivity contribution in [3.05, 3.63) is 31.0 Å². The molecule has 0 aliphatic carbocycles. The number of nitrogens with two attached hydrogens (primary N) is 1. The summed E-state index contributed by atoms with van der Waals surface area (Å²) in [5, 5.41) is 4.21. The molecule has 0 fully saturated rings. The van der Waals surface area contributed by atoms with E-state index in [2.05, 4.69) is 27.4 Å². The molecule has 3 heterocycles. The lowest BCUT2D eigenvalue weighted by Crippen LogP contribution is -2.10. The van der Waals surface area contributed by atoms with Gasteiger partial charge in [0, 0.05) is 18.9 Å². The molecule has 0 amide bonds. The van der Waals surface area contributed by atoms with Gasteiger partial charge in [0.2, 0.25) is 5.65 Å². The zero-order valence-electron chi connectivity index (χ0n) is 11.0. The third-order valence-corrected chi connectivity index (χ3v) is 2.77. The summed E-state index contributed by atoms with van der Waals surface area (Å²) < 4.78 is 9.35. The van der Waals surface area contributed by atoms with Crippen LogP contribution in [0.2, 0.25) is 0 Å². The Morgan fingerprint density at radius 2 is 2.30 bits per heavy atom. The van der Waals surface area contributed by atoms with Gasteiger partial charge in [0.05, 0.1) is 18.6 Å². The Bertz CT molecular complexity index is 717. The highest BCUT2D eigenvalue weighted by molar-refractivity contribution is 5.54. The van der Waals surface area contributed by atoms with Gasteiger partial charge in [0.25, 0.3) is 5.88 Å². The Balaban J connectivity index is 1.94. The SMILES string of the molecule is CCCn1cc(Oc2nc(NN)cn3ccnc23)cn1. The van der Waals surface area contributed by atoms with Gasteiger partial charge in [0.1, 0.15) is 0 Å². The molecule has 8 nitrogen and oxygen atoms in total. The van der Waals surface area contributed by atoms with Crippen LogP contribution < -0.4 is 16.0 Å². The fourth-order valence-electron chi connectivity index (χ4n) is 1.90. The first-order chi connectivity index (χ1) is 9.80. The summed E-state index contributed by atoms with van der Waals surface area (Å²) in [5.74, 6) is 6.88. The summed E-state index contributed by atoms with van der Waals surface area (Å²) in [6.07, 6.45) is 9.69. The van der Waals surface area contributed by atoms with E-state index in [1.807, 2.05) is 10.9 Å². The van der Waals surface area contributed by atoms with Crippen LogP contribution in [0.3, 0.4) is 0 Å². The van der Waals surface area contributed by atoms with Gasteiger partial charge in [-0.05, 0) is 6.42 Å². The first kappa shape index (κ1) is 12.4. The number of aromatic nitrogens is 5. The number of ether oxygens (including phenoxy) is 1. The van der Waals surface area contributed by atoms with Crippen LogP contribution in [0.5, 0.6) is 11.6 Å². The lowest BCUT2D eigenvalue weighted by Gasteiger charge is -2.06. The first-order valence-electron chi connectivity index (χ1n) is 6.31. The number of imidazole rings is 1. The molecular formula is C12H15N7O. The van der Waals surface area contributed by atoms with Gasteiger partial charge in [-0.15, -0.1) is 0 Å². The molecule has 0 bridgehead atoms. The van der Waals surface area contributed by atoms with E-state index >= 15 is 0 Å². The monoisotopic (exact) mass is 273 g/mol. The normalized spacial score (nSPS) is 10.9. The highest BCUT2D eigenvalue weighted by Crippen LogP contribution is 2.24. The van der Waals surface area contributed by atoms with E-state index in [4.69, 9.17) is 10.6 Å². The van der Waals surface area contributed by atoms with Crippen molar-refractivity contribution < 1.29 is 4.74 Å². The van der Waals surface area contributed by atoms with Crippen LogP contribution in [0.4, 0.5) is 5.82 Å². The number of nitrogens with one attached hydrogen (secondary N) is 1. The predicted molar refractivity (Wildman–Crippen MR) is 73.4 cm³/mol. The van der Waals surface area contributed by atoms with Crippen molar-refractivity contribution in [2.75, 3.05) is 5.43 Å². The minimum absolute atomic E-state index is 0.376. The molecule has 3 aromatic heterocycles. The molecule has 104 valence electrons. The summed E-state index contributed by atoms with van der Waals surface area (Å²) >= 11 is 0. The molecule has 0 saturated heterocycles. The Labute approximate surface area is 115 Å². The van der Waals surface area contributed by atoms with Crippen LogP contribution in [-0.4, -0.2) is 24.1 Å². The van der Waals surface area contributed by atoms with E-state index in [1.54, 1.807) is 29.2 Å². The molecule has 0 radical (unpaired) electrons. The lowest BCUT2D eigenvalue weighted by atomic mass is 10.5. The third-order valence-electron chi connectivity index (χ3n) is 2.77. The van der Waals surface area contributed by atoms with E-state index in [9.17, 15) is 0 Å². The zero-order chi connectivity index (χ0) is 13.9. The quantitative estimate of drug-likeness (QED) is 0.539. The van der Waals surface area contributed by atoms with E-state index in [0.29, 0.717) is 23.1 Å². The molecule has 3 N–H and O–H groups in total. The first-order valence-corrected chi connectivity index (χ1v) is 6.31. The van der Waals surface area contributed by atoms with Crippen LogP contribution in [0.1, 0.15) is 13.3 Å². The topological polar surface area (TPSA) is 95.3 Å². The number of fused-ring (bicyclic) bond motifs is 1. The van der Waals surface area contributed by atoms with Crippen molar-refractivity contribution >= 4 is 11.5 Å². The van der Waals surface area contributed by atoms with Gasteiger partial charge in [-0.3, -0.25) is 9.08 Å². The van der Waals surface area contributed by atoms with Crippen LogP contribution in [0.15, 0.2) is 31.0 Å². The summed E-state index contributed by atoms with van der Waals surface area (Å²) in [5.41, 5.74) is 3.12. The fraction of sp³-hybridized carbons (Fsp3) is 0.250. The molecule has 3 aromatic rings. The van der Waals surface area contributed by atoms with Gasteiger partial charge in [-0.2, -0.15) is 10.1 Å². The molecule has 8 heteroatoms. The lowest BCUT2D eigenvalue weighted by molar-refractivity contribution is 0.464. The second-order valence-electron chi connectivity index (χ2n) is 4.27. The fourth-order valence-corrected chi connectivity index (χ4v) is 1.90. The van der Waals surface area contributed by atoms with Crippen molar-refractivity contribution in [2.45, 2.75) is 19.9 Å². The average molecular weight is 273 g/mol. The highest BCUT2D eigenvalue weighted by Gasteiger charge is 2.10. The number of hydrazine groups is 1. The smallest absolute Gasteiger partial charge is 0.266 e.